The van der Waals surface area contributed by atoms with Gasteiger partial charge in [0, 0.05) is 30.4 Å². The van der Waals surface area contributed by atoms with Crippen LogP contribution in [0.3, 0.4) is 0 Å². The Balaban J connectivity index is 1.41. The second kappa shape index (κ2) is 9.11. The zero-order valence-electron chi connectivity index (χ0n) is 25.3. The van der Waals surface area contributed by atoms with Crippen molar-refractivity contribution in [1.82, 2.24) is 19.7 Å². The number of halogens is 7. The standard InChI is InChI=1S/C34H31F7N4/c1-6-18-8-7-9-21-25-15-31(4,35)28-23(12-13-42-28)32(25,5)29-22-17-44(30(2,3)27(22)43-45(29)26(18)21)16-19-10-11-20(33(36,37)38)14-24(19)34(39,40)41/h7-15,42H,6,16-17H2,1-5H3. The highest BCUT2D eigenvalue weighted by Gasteiger charge is 2.55. The molecule has 2 unspecified atom stereocenters. The molecular formula is C34H31F7N4. The number of nitrogens with zero attached hydrogens (tertiary/aromatic N) is 3. The van der Waals surface area contributed by atoms with Gasteiger partial charge in [-0.05, 0) is 80.7 Å². The van der Waals surface area contributed by atoms with Gasteiger partial charge in [0.25, 0.3) is 0 Å². The maximum Gasteiger partial charge on any atom is 0.416 e. The molecule has 1 aliphatic carbocycles. The summed E-state index contributed by atoms with van der Waals surface area (Å²) < 4.78 is 101. The number of hydrogen-bond donors (Lipinski definition) is 1. The van der Waals surface area contributed by atoms with Crippen molar-refractivity contribution >= 4 is 5.57 Å². The zero-order valence-corrected chi connectivity index (χ0v) is 25.3. The minimum absolute atomic E-state index is 0.187. The van der Waals surface area contributed by atoms with Gasteiger partial charge in [-0.1, -0.05) is 31.2 Å². The Morgan fingerprint density at radius 3 is 2.33 bits per heavy atom. The van der Waals surface area contributed by atoms with E-state index in [0.717, 1.165) is 45.3 Å². The Labute approximate surface area is 255 Å². The third kappa shape index (κ3) is 4.05. The van der Waals surface area contributed by atoms with E-state index in [-0.39, 0.29) is 24.7 Å². The van der Waals surface area contributed by atoms with Gasteiger partial charge >= 0.3 is 12.4 Å². The molecule has 0 amide bonds. The van der Waals surface area contributed by atoms with Gasteiger partial charge < -0.3 is 4.98 Å². The third-order valence-corrected chi connectivity index (χ3v) is 10.0. The molecule has 2 atom stereocenters. The number of nitrogens with one attached hydrogen (secondary N) is 1. The lowest BCUT2D eigenvalue weighted by molar-refractivity contribution is -0.143. The van der Waals surface area contributed by atoms with Crippen molar-refractivity contribution in [3.05, 3.63) is 111 Å². The molecule has 2 aliphatic heterocycles. The summed E-state index contributed by atoms with van der Waals surface area (Å²) in [6.07, 6.45) is -5.82. The highest BCUT2D eigenvalue weighted by atomic mass is 19.4. The summed E-state index contributed by atoms with van der Waals surface area (Å²) in [7, 11) is 0. The maximum absolute atomic E-state index is 16.3. The monoisotopic (exact) mass is 628 g/mol. The van der Waals surface area contributed by atoms with E-state index in [1.807, 2.05) is 61.5 Å². The average molecular weight is 629 g/mol. The first-order valence-corrected chi connectivity index (χ1v) is 14.8. The van der Waals surface area contributed by atoms with Crippen molar-refractivity contribution in [2.75, 3.05) is 0 Å². The van der Waals surface area contributed by atoms with E-state index in [9.17, 15) is 26.3 Å². The summed E-state index contributed by atoms with van der Waals surface area (Å²) in [4.78, 5) is 4.91. The van der Waals surface area contributed by atoms with E-state index in [2.05, 4.69) is 4.98 Å². The maximum atomic E-state index is 16.3. The van der Waals surface area contributed by atoms with Crippen LogP contribution in [0.5, 0.6) is 0 Å². The molecule has 1 N–H and O–H groups in total. The van der Waals surface area contributed by atoms with Gasteiger partial charge in [-0.25, -0.2) is 9.07 Å². The summed E-state index contributed by atoms with van der Waals surface area (Å²) in [5.74, 6) is 0. The Kier molecular flexibility index (Phi) is 6.04. The van der Waals surface area contributed by atoms with Crippen LogP contribution >= 0.6 is 0 Å². The Bertz CT molecular complexity index is 1900. The van der Waals surface area contributed by atoms with Gasteiger partial charge in [-0.15, -0.1) is 0 Å². The fourth-order valence-electron chi connectivity index (χ4n) is 7.69. The molecule has 45 heavy (non-hydrogen) atoms. The van der Waals surface area contributed by atoms with Gasteiger partial charge in [-0.2, -0.15) is 31.4 Å². The molecule has 0 bridgehead atoms. The van der Waals surface area contributed by atoms with Crippen molar-refractivity contribution in [3.63, 3.8) is 0 Å². The number of aromatic nitrogens is 3. The lowest BCUT2D eigenvalue weighted by atomic mass is 9.62. The number of rotatable bonds is 3. The number of alkyl halides is 7. The van der Waals surface area contributed by atoms with Crippen LogP contribution < -0.4 is 0 Å². The molecule has 11 heteroatoms. The number of aryl methyl sites for hydroxylation is 1. The smallest absolute Gasteiger partial charge is 0.362 e. The van der Waals surface area contributed by atoms with Gasteiger partial charge in [0.15, 0.2) is 5.67 Å². The summed E-state index contributed by atoms with van der Waals surface area (Å²) in [6.45, 7) is 9.27. The molecule has 4 nitrogen and oxygen atoms in total. The number of fused-ring (bicyclic) bond motifs is 10. The number of aromatic amines is 1. The van der Waals surface area contributed by atoms with E-state index >= 15 is 4.39 Å². The molecule has 0 saturated heterocycles. The van der Waals surface area contributed by atoms with Crippen LogP contribution in [-0.4, -0.2) is 19.7 Å². The lowest BCUT2D eigenvalue weighted by Crippen LogP contribution is -2.41. The molecule has 236 valence electrons. The van der Waals surface area contributed by atoms with Gasteiger partial charge in [0.2, 0.25) is 0 Å². The number of para-hydroxylation sites is 1. The molecule has 2 aromatic heterocycles. The fraction of sp³-hybridized carbons (Fsp3) is 0.382. The molecule has 2 aromatic carbocycles. The molecule has 0 radical (unpaired) electrons. The molecule has 4 aromatic rings. The van der Waals surface area contributed by atoms with Crippen molar-refractivity contribution in [1.29, 1.82) is 0 Å². The average Bonchev–Trinajstić information content (AvgIpc) is 3.65. The first-order chi connectivity index (χ1) is 20.9. The summed E-state index contributed by atoms with van der Waals surface area (Å²) >= 11 is 0. The predicted molar refractivity (Wildman–Crippen MR) is 155 cm³/mol. The molecule has 0 spiro atoms. The molecule has 7 rings (SSSR count). The van der Waals surface area contributed by atoms with E-state index in [4.69, 9.17) is 5.10 Å². The Morgan fingerprint density at radius 1 is 0.933 bits per heavy atom. The quantitative estimate of drug-likeness (QED) is 0.230. The molecule has 4 heterocycles. The highest BCUT2D eigenvalue weighted by molar-refractivity contribution is 5.89. The molecule has 3 aliphatic rings. The third-order valence-electron chi connectivity index (χ3n) is 10.0. The number of benzene rings is 2. The number of allylic oxidation sites excluding steroid dienone is 2. The van der Waals surface area contributed by atoms with Crippen molar-refractivity contribution in [2.24, 2.45) is 0 Å². The lowest BCUT2D eigenvalue weighted by Gasteiger charge is -2.44. The first kappa shape index (κ1) is 29.8. The Morgan fingerprint density at radius 2 is 1.67 bits per heavy atom. The summed E-state index contributed by atoms with van der Waals surface area (Å²) in [5.41, 5.74) is 0.605. The van der Waals surface area contributed by atoms with Crippen LogP contribution in [-0.2, 0) is 48.5 Å². The first-order valence-electron chi connectivity index (χ1n) is 14.8. The zero-order chi connectivity index (χ0) is 32.5. The van der Waals surface area contributed by atoms with Crippen LogP contribution in [0.25, 0.3) is 11.3 Å². The van der Waals surface area contributed by atoms with Crippen molar-refractivity contribution in [3.8, 4) is 5.69 Å². The number of hydrogen-bond acceptors (Lipinski definition) is 2. The number of H-pyrrole nitrogens is 1. The Hall–Kier alpha value is -3.86. The fourth-order valence-corrected chi connectivity index (χ4v) is 7.69. The van der Waals surface area contributed by atoms with E-state index in [1.165, 1.54) is 6.92 Å². The van der Waals surface area contributed by atoms with Crippen molar-refractivity contribution < 1.29 is 30.7 Å². The summed E-state index contributed by atoms with van der Waals surface area (Å²) in [6, 6.07) is 9.62. The van der Waals surface area contributed by atoms with Crippen LogP contribution in [0.4, 0.5) is 30.7 Å². The van der Waals surface area contributed by atoms with Crippen LogP contribution in [0.1, 0.15) is 90.6 Å². The second-order valence-corrected chi connectivity index (χ2v) is 13.1. The van der Waals surface area contributed by atoms with Gasteiger partial charge in [0.1, 0.15) is 0 Å². The topological polar surface area (TPSA) is 36.9 Å². The van der Waals surface area contributed by atoms with E-state index in [0.29, 0.717) is 23.9 Å². The summed E-state index contributed by atoms with van der Waals surface area (Å²) in [5, 5.41) is 5.15. The van der Waals surface area contributed by atoms with E-state index < -0.39 is 40.1 Å². The molecule has 0 fully saturated rings. The normalized spacial score (nSPS) is 23.6. The largest absolute Gasteiger partial charge is 0.416 e. The van der Waals surface area contributed by atoms with Gasteiger partial charge in [0.05, 0.1) is 44.8 Å². The van der Waals surface area contributed by atoms with Gasteiger partial charge in [-0.3, -0.25) is 4.90 Å². The molecular weight excluding hydrogens is 597 g/mol. The minimum Gasteiger partial charge on any atom is -0.362 e. The van der Waals surface area contributed by atoms with Crippen molar-refractivity contribution in [2.45, 2.75) is 83.1 Å². The predicted octanol–water partition coefficient (Wildman–Crippen LogP) is 8.95. The van der Waals surface area contributed by atoms with Crippen LogP contribution in [0.15, 0.2) is 54.7 Å². The van der Waals surface area contributed by atoms with Crippen LogP contribution in [0, 0.1) is 0 Å². The second-order valence-electron chi connectivity index (χ2n) is 13.1. The highest BCUT2D eigenvalue weighted by Crippen LogP contribution is 2.59. The van der Waals surface area contributed by atoms with E-state index in [1.54, 1.807) is 12.3 Å². The van der Waals surface area contributed by atoms with Crippen LogP contribution in [0.2, 0.25) is 0 Å². The molecule has 0 saturated carbocycles. The minimum atomic E-state index is -4.98. The SMILES string of the molecule is CCc1cccc2c1-n1nc3c(c1C1(C)C2=CC(C)(F)c2[nH]ccc21)CN(Cc1ccc(C(F)(F)F)cc1C(F)(F)F)C3(C)C.